The van der Waals surface area contributed by atoms with E-state index in [9.17, 15) is 19.2 Å². The first-order valence-corrected chi connectivity index (χ1v) is 13.3. The van der Waals surface area contributed by atoms with E-state index in [4.69, 9.17) is 0 Å². The molecule has 0 saturated heterocycles. The van der Waals surface area contributed by atoms with Gasteiger partial charge in [0.1, 0.15) is 16.9 Å². The van der Waals surface area contributed by atoms with Gasteiger partial charge in [0.2, 0.25) is 5.91 Å². The van der Waals surface area contributed by atoms with Crippen LogP contribution < -0.4 is 10.6 Å². The van der Waals surface area contributed by atoms with Gasteiger partial charge in [-0.3, -0.25) is 9.59 Å². The fraction of sp³-hybridized carbons (Fsp3) is 0.320. The second-order valence-corrected chi connectivity index (χ2v) is 10.3. The van der Waals surface area contributed by atoms with Crippen molar-refractivity contribution in [1.82, 2.24) is 20.1 Å². The summed E-state index contributed by atoms with van der Waals surface area (Å²) in [5.74, 6) is -0.887. The van der Waals surface area contributed by atoms with Gasteiger partial charge in [-0.25, -0.2) is 4.39 Å². The first-order valence-electron chi connectivity index (χ1n) is 11.5. The number of aromatic nitrogens is 3. The highest BCUT2D eigenvalue weighted by Gasteiger charge is 2.24. The van der Waals surface area contributed by atoms with Crippen LogP contribution in [0, 0.1) is 17.1 Å². The van der Waals surface area contributed by atoms with Crippen LogP contribution in [0.3, 0.4) is 0 Å². The largest absolute Gasteiger partial charge is 0.342 e. The van der Waals surface area contributed by atoms with Gasteiger partial charge in [0.25, 0.3) is 5.91 Å². The van der Waals surface area contributed by atoms with Crippen molar-refractivity contribution >= 4 is 39.9 Å². The van der Waals surface area contributed by atoms with Crippen LogP contribution in [0.5, 0.6) is 0 Å². The maximum Gasteiger partial charge on any atom is 0.254 e. The number of fused-ring (bicyclic) bond motifs is 1. The zero-order valence-corrected chi connectivity index (χ0v) is 21.3. The number of nitrogens with zero attached hydrogens (tertiary/aromatic N) is 4. The van der Waals surface area contributed by atoms with Gasteiger partial charge in [0, 0.05) is 11.4 Å². The van der Waals surface area contributed by atoms with Crippen LogP contribution in [-0.4, -0.2) is 32.3 Å². The quantitative estimate of drug-likeness (QED) is 0.312. The zero-order valence-electron chi connectivity index (χ0n) is 19.7. The molecule has 36 heavy (non-hydrogen) atoms. The monoisotopic (exact) mass is 524 g/mol. The third kappa shape index (κ3) is 5.50. The van der Waals surface area contributed by atoms with Gasteiger partial charge in [-0.2, -0.15) is 5.26 Å². The molecule has 4 rings (SSSR count). The van der Waals surface area contributed by atoms with E-state index >= 15 is 0 Å². The number of benzene rings is 1. The van der Waals surface area contributed by atoms with Crippen LogP contribution in [-0.2, 0) is 24.2 Å². The molecule has 0 radical (unpaired) electrons. The predicted octanol–water partition coefficient (Wildman–Crippen LogP) is 4.64. The molecular weight excluding hydrogens is 499 g/mol. The Hall–Kier alpha value is -3.49. The number of hydrogen-bond acceptors (Lipinski definition) is 7. The van der Waals surface area contributed by atoms with Gasteiger partial charge >= 0.3 is 0 Å². The molecule has 0 fully saturated rings. The number of carbonyl (C=O) groups is 2. The number of nitriles is 1. The molecule has 2 N–H and O–H groups in total. The van der Waals surface area contributed by atoms with E-state index in [1.807, 2.05) is 0 Å². The summed E-state index contributed by atoms with van der Waals surface area (Å²) < 4.78 is 15.7. The topological polar surface area (TPSA) is 113 Å². The summed E-state index contributed by atoms with van der Waals surface area (Å²) in [4.78, 5) is 26.4. The Morgan fingerprint density at radius 1 is 1.33 bits per heavy atom. The molecule has 2 heterocycles. The van der Waals surface area contributed by atoms with Gasteiger partial charge < -0.3 is 15.2 Å². The Labute approximate surface area is 216 Å². The average Bonchev–Trinajstić information content (AvgIpc) is 3.43. The number of thioether (sulfide) groups is 1. The lowest BCUT2D eigenvalue weighted by atomic mass is 9.96. The van der Waals surface area contributed by atoms with E-state index in [0.717, 1.165) is 31.2 Å². The molecule has 11 heteroatoms. The average molecular weight is 525 g/mol. The summed E-state index contributed by atoms with van der Waals surface area (Å²) in [5, 5.41) is 24.7. The fourth-order valence-corrected chi connectivity index (χ4v) is 6.09. The maximum absolute atomic E-state index is 14.0. The number of thiophene rings is 1. The zero-order chi connectivity index (χ0) is 25.7. The summed E-state index contributed by atoms with van der Waals surface area (Å²) in [6, 6.07) is 7.43. The molecule has 0 unspecified atom stereocenters. The number of anilines is 1. The summed E-state index contributed by atoms with van der Waals surface area (Å²) in [5.41, 5.74) is 1.58. The molecule has 8 nitrogen and oxygen atoms in total. The second-order valence-electron chi connectivity index (χ2n) is 8.28. The molecule has 2 aromatic heterocycles. The minimum Gasteiger partial charge on any atom is -0.342 e. The molecule has 0 saturated carbocycles. The number of amides is 2. The third-order valence-corrected chi connectivity index (χ3v) is 7.95. The Bertz CT molecular complexity index is 1340. The van der Waals surface area contributed by atoms with Crippen LogP contribution in [0.2, 0.25) is 0 Å². The molecular formula is C25H25FN6O2S2. The number of carbonyl (C=O) groups excluding carboxylic acids is 2. The molecule has 0 bridgehead atoms. The van der Waals surface area contributed by atoms with E-state index in [-0.39, 0.29) is 17.2 Å². The van der Waals surface area contributed by atoms with Crippen LogP contribution in [0.15, 0.2) is 42.1 Å². The van der Waals surface area contributed by atoms with E-state index in [1.54, 1.807) is 23.6 Å². The lowest BCUT2D eigenvalue weighted by molar-refractivity contribution is -0.113. The van der Waals surface area contributed by atoms with Gasteiger partial charge in [-0.1, -0.05) is 30.0 Å². The lowest BCUT2D eigenvalue weighted by Gasteiger charge is -2.15. The van der Waals surface area contributed by atoms with Crippen molar-refractivity contribution in [2.75, 3.05) is 11.1 Å². The summed E-state index contributed by atoms with van der Waals surface area (Å²) in [6.07, 6.45) is 5.64. The molecule has 3 aromatic rings. The summed E-state index contributed by atoms with van der Waals surface area (Å²) >= 11 is 2.68. The molecule has 1 aliphatic rings. The van der Waals surface area contributed by atoms with Crippen LogP contribution in [0.25, 0.3) is 0 Å². The van der Waals surface area contributed by atoms with Gasteiger partial charge in [-0.05, 0) is 50.3 Å². The number of rotatable bonds is 9. The molecule has 0 aliphatic heterocycles. The van der Waals surface area contributed by atoms with Crippen LogP contribution >= 0.6 is 23.1 Å². The highest BCUT2D eigenvalue weighted by molar-refractivity contribution is 7.99. The fourth-order valence-electron chi connectivity index (χ4n) is 4.08. The maximum atomic E-state index is 14.0. The van der Waals surface area contributed by atoms with Crippen molar-refractivity contribution < 1.29 is 14.0 Å². The van der Waals surface area contributed by atoms with Crippen molar-refractivity contribution in [2.24, 2.45) is 0 Å². The number of hydrogen-bond donors (Lipinski definition) is 2. The van der Waals surface area contributed by atoms with Crippen LogP contribution in [0.4, 0.5) is 9.39 Å². The highest BCUT2D eigenvalue weighted by atomic mass is 32.2. The first-order chi connectivity index (χ1) is 17.4. The molecule has 1 aromatic carbocycles. The smallest absolute Gasteiger partial charge is 0.254 e. The summed E-state index contributed by atoms with van der Waals surface area (Å²) in [7, 11) is 0. The van der Waals surface area contributed by atoms with Gasteiger partial charge in [0.15, 0.2) is 11.0 Å². The molecule has 1 atom stereocenters. The van der Waals surface area contributed by atoms with Gasteiger partial charge in [0.05, 0.1) is 22.9 Å². The lowest BCUT2D eigenvalue weighted by Crippen LogP contribution is -2.29. The minimum absolute atomic E-state index is 0.0580. The van der Waals surface area contributed by atoms with Crippen molar-refractivity contribution in [3.63, 3.8) is 0 Å². The van der Waals surface area contributed by atoms with E-state index in [0.29, 0.717) is 28.1 Å². The Balaban J connectivity index is 1.43. The molecule has 186 valence electrons. The number of allylic oxidation sites excluding steroid dienone is 1. The van der Waals surface area contributed by atoms with Gasteiger partial charge in [-0.15, -0.1) is 28.1 Å². The normalized spacial score (nSPS) is 13.4. The molecule has 2 amide bonds. The first kappa shape index (κ1) is 25.6. The number of aryl methyl sites for hydroxylation is 1. The molecule has 0 spiro atoms. The van der Waals surface area contributed by atoms with Crippen LogP contribution in [0.1, 0.15) is 58.0 Å². The van der Waals surface area contributed by atoms with Crippen molar-refractivity contribution in [1.29, 1.82) is 5.26 Å². The summed E-state index contributed by atoms with van der Waals surface area (Å²) in [6.45, 7) is 5.86. The van der Waals surface area contributed by atoms with Crippen molar-refractivity contribution in [2.45, 2.75) is 50.4 Å². The third-order valence-electron chi connectivity index (χ3n) is 5.78. The van der Waals surface area contributed by atoms with E-state index < -0.39 is 17.8 Å². The van der Waals surface area contributed by atoms with Crippen molar-refractivity contribution in [3.8, 4) is 6.07 Å². The SMILES string of the molecule is C=CCn1c(SCC(=O)Nc2sc3c(c2C#N)CCCC3)nnc1[C@@H](C)NC(=O)c1ccccc1F. The predicted molar refractivity (Wildman–Crippen MR) is 138 cm³/mol. The van der Waals surface area contributed by atoms with Crippen molar-refractivity contribution in [3.05, 3.63) is 70.1 Å². The number of nitrogens with one attached hydrogen (secondary N) is 2. The minimum atomic E-state index is -0.608. The molecule has 1 aliphatic carbocycles. The van der Waals surface area contributed by atoms with E-state index in [1.165, 1.54) is 46.2 Å². The Morgan fingerprint density at radius 3 is 2.86 bits per heavy atom. The highest BCUT2D eigenvalue weighted by Crippen LogP contribution is 2.37. The standard InChI is InChI=1S/C25H25FN6O2S2/c1-3-12-32-22(15(2)28-23(34)17-9-4-6-10-19(17)26)30-31-25(32)35-14-21(33)29-24-18(13-27)16-8-5-7-11-20(16)36-24/h3-4,6,9-10,15H,1,5,7-8,11-12,14H2,2H3,(H,28,34)(H,29,33)/t15-/m1/s1. The number of halogens is 1. The Kier molecular flexibility index (Phi) is 8.18. The Morgan fingerprint density at radius 2 is 2.11 bits per heavy atom. The second kappa shape index (κ2) is 11.5. The van der Waals surface area contributed by atoms with E-state index in [2.05, 4.69) is 33.5 Å².